The Morgan fingerprint density at radius 3 is 3.18 bits per heavy atom. The Morgan fingerprint density at radius 1 is 1.47 bits per heavy atom. The molecule has 3 N–H and O–H groups in total. The monoisotopic (exact) mass is 248 g/mol. The summed E-state index contributed by atoms with van der Waals surface area (Å²) in [4.78, 5) is 1.52. The normalized spacial score (nSPS) is 21.1. The van der Waals surface area contributed by atoms with Crippen LogP contribution in [-0.2, 0) is 6.42 Å². The Bertz CT molecular complexity index is 477. The lowest BCUT2D eigenvalue weighted by Crippen LogP contribution is -2.33. The van der Waals surface area contributed by atoms with Crippen LogP contribution in [-0.4, -0.2) is 0 Å². The standard InChI is InChI=1S/C13H16N2OS/c14-15-13(9-4-6-16-8-9)11-2-1-3-12-10(11)5-7-17-12/h4-8,11,13,15H,1-3,14H2. The molecule has 3 rings (SSSR count). The molecule has 2 aromatic rings. The lowest BCUT2D eigenvalue weighted by Gasteiger charge is -2.29. The number of hydrogen-bond donors (Lipinski definition) is 2. The number of furan rings is 1. The highest BCUT2D eigenvalue weighted by atomic mass is 32.1. The van der Waals surface area contributed by atoms with Crippen LogP contribution < -0.4 is 11.3 Å². The second-order valence-electron chi connectivity index (χ2n) is 4.50. The van der Waals surface area contributed by atoms with Gasteiger partial charge in [-0.05, 0) is 42.3 Å². The minimum absolute atomic E-state index is 0.155. The summed E-state index contributed by atoms with van der Waals surface area (Å²) in [6.07, 6.45) is 7.13. The molecule has 2 atom stereocenters. The maximum atomic E-state index is 5.73. The largest absolute Gasteiger partial charge is 0.472 e. The smallest absolute Gasteiger partial charge is 0.0951 e. The molecule has 1 aliphatic rings. The van der Waals surface area contributed by atoms with Crippen LogP contribution in [0.5, 0.6) is 0 Å². The quantitative estimate of drug-likeness (QED) is 0.648. The van der Waals surface area contributed by atoms with Crippen molar-refractivity contribution in [2.75, 3.05) is 0 Å². The number of hydrogen-bond acceptors (Lipinski definition) is 4. The van der Waals surface area contributed by atoms with Gasteiger partial charge in [0.25, 0.3) is 0 Å². The SMILES string of the molecule is NNC(c1ccoc1)C1CCCc2sccc21. The van der Waals surface area contributed by atoms with Crippen LogP contribution in [0.15, 0.2) is 34.5 Å². The van der Waals surface area contributed by atoms with Crippen molar-refractivity contribution in [2.24, 2.45) is 5.84 Å². The first-order valence-corrected chi connectivity index (χ1v) is 6.82. The van der Waals surface area contributed by atoms with Gasteiger partial charge in [0.1, 0.15) is 0 Å². The molecule has 90 valence electrons. The fourth-order valence-electron chi connectivity index (χ4n) is 2.76. The van der Waals surface area contributed by atoms with Crippen LogP contribution in [0.25, 0.3) is 0 Å². The topological polar surface area (TPSA) is 51.2 Å². The molecular formula is C13H16N2OS. The van der Waals surface area contributed by atoms with Gasteiger partial charge >= 0.3 is 0 Å². The Kier molecular flexibility index (Phi) is 3.01. The first kappa shape index (κ1) is 11.0. The average molecular weight is 248 g/mol. The van der Waals surface area contributed by atoms with Gasteiger partial charge < -0.3 is 4.42 Å². The Balaban J connectivity index is 1.94. The van der Waals surface area contributed by atoms with E-state index in [1.165, 1.54) is 29.7 Å². The summed E-state index contributed by atoms with van der Waals surface area (Å²) in [6, 6.07) is 4.39. The molecule has 0 spiro atoms. The summed E-state index contributed by atoms with van der Waals surface area (Å²) in [7, 11) is 0. The van der Waals surface area contributed by atoms with Gasteiger partial charge in [0.15, 0.2) is 0 Å². The number of thiophene rings is 1. The molecule has 0 fully saturated rings. The number of hydrazine groups is 1. The minimum Gasteiger partial charge on any atom is -0.472 e. The van der Waals surface area contributed by atoms with Gasteiger partial charge in [0.05, 0.1) is 18.6 Å². The van der Waals surface area contributed by atoms with E-state index in [2.05, 4.69) is 16.9 Å². The first-order chi connectivity index (χ1) is 8.40. The van der Waals surface area contributed by atoms with Gasteiger partial charge in [0.2, 0.25) is 0 Å². The van der Waals surface area contributed by atoms with Gasteiger partial charge in [0, 0.05) is 16.4 Å². The molecule has 0 saturated heterocycles. The van der Waals surface area contributed by atoms with E-state index in [-0.39, 0.29) is 6.04 Å². The highest BCUT2D eigenvalue weighted by Gasteiger charge is 2.29. The molecule has 0 saturated carbocycles. The second-order valence-corrected chi connectivity index (χ2v) is 5.50. The number of aryl methyl sites for hydroxylation is 1. The summed E-state index contributed by atoms with van der Waals surface area (Å²) in [5.74, 6) is 6.20. The summed E-state index contributed by atoms with van der Waals surface area (Å²) in [6.45, 7) is 0. The second kappa shape index (κ2) is 4.64. The van der Waals surface area contributed by atoms with Crippen molar-refractivity contribution in [1.29, 1.82) is 0 Å². The zero-order valence-corrected chi connectivity index (χ0v) is 10.4. The molecule has 17 heavy (non-hydrogen) atoms. The molecule has 0 aliphatic heterocycles. The summed E-state index contributed by atoms with van der Waals surface area (Å²) in [5.41, 5.74) is 5.55. The van der Waals surface area contributed by atoms with E-state index in [9.17, 15) is 0 Å². The third kappa shape index (κ3) is 1.92. The zero-order chi connectivity index (χ0) is 11.7. The van der Waals surface area contributed by atoms with Gasteiger partial charge in [-0.2, -0.15) is 0 Å². The van der Waals surface area contributed by atoms with E-state index in [1.807, 2.05) is 17.4 Å². The molecule has 2 heterocycles. The molecule has 3 nitrogen and oxygen atoms in total. The van der Waals surface area contributed by atoms with Crippen LogP contribution in [0, 0.1) is 0 Å². The van der Waals surface area contributed by atoms with Crippen molar-refractivity contribution >= 4 is 11.3 Å². The van der Waals surface area contributed by atoms with E-state index in [4.69, 9.17) is 10.3 Å². The van der Waals surface area contributed by atoms with Crippen LogP contribution in [0.1, 0.15) is 40.8 Å². The molecule has 1 aliphatic carbocycles. The summed E-state index contributed by atoms with van der Waals surface area (Å²) < 4.78 is 5.16. The maximum Gasteiger partial charge on any atom is 0.0951 e. The first-order valence-electron chi connectivity index (χ1n) is 5.94. The van der Waals surface area contributed by atoms with Crippen molar-refractivity contribution < 1.29 is 4.42 Å². The van der Waals surface area contributed by atoms with Gasteiger partial charge in [-0.25, -0.2) is 0 Å². The zero-order valence-electron chi connectivity index (χ0n) is 9.56. The fourth-order valence-corrected chi connectivity index (χ4v) is 3.76. The Morgan fingerprint density at radius 2 is 2.41 bits per heavy atom. The molecule has 0 aromatic carbocycles. The molecule has 2 unspecified atom stereocenters. The lowest BCUT2D eigenvalue weighted by atomic mass is 9.81. The predicted molar refractivity (Wildman–Crippen MR) is 68.8 cm³/mol. The molecular weight excluding hydrogens is 232 g/mol. The molecule has 0 bridgehead atoms. The van der Waals surface area contributed by atoms with Gasteiger partial charge in [-0.1, -0.05) is 0 Å². The van der Waals surface area contributed by atoms with E-state index >= 15 is 0 Å². The average Bonchev–Trinajstić information content (AvgIpc) is 3.00. The van der Waals surface area contributed by atoms with Gasteiger partial charge in [-0.3, -0.25) is 11.3 Å². The van der Waals surface area contributed by atoms with Crippen molar-refractivity contribution in [3.63, 3.8) is 0 Å². The fraction of sp³-hybridized carbons (Fsp3) is 0.385. The molecule has 4 heteroatoms. The van der Waals surface area contributed by atoms with E-state index in [1.54, 1.807) is 12.5 Å². The van der Waals surface area contributed by atoms with Crippen LogP contribution in [0.2, 0.25) is 0 Å². The highest BCUT2D eigenvalue weighted by molar-refractivity contribution is 7.10. The van der Waals surface area contributed by atoms with Crippen LogP contribution in [0.3, 0.4) is 0 Å². The summed E-state index contributed by atoms with van der Waals surface area (Å²) in [5, 5.41) is 2.19. The molecule has 0 amide bonds. The lowest BCUT2D eigenvalue weighted by molar-refractivity contribution is 0.407. The summed E-state index contributed by atoms with van der Waals surface area (Å²) >= 11 is 1.86. The van der Waals surface area contributed by atoms with E-state index in [0.717, 1.165) is 5.56 Å². The minimum atomic E-state index is 0.155. The maximum absolute atomic E-state index is 5.73. The van der Waals surface area contributed by atoms with Crippen molar-refractivity contribution in [1.82, 2.24) is 5.43 Å². The predicted octanol–water partition coefficient (Wildman–Crippen LogP) is 2.97. The molecule has 2 aromatic heterocycles. The third-order valence-corrected chi connectivity index (χ3v) is 4.58. The van der Waals surface area contributed by atoms with Crippen molar-refractivity contribution in [3.05, 3.63) is 46.0 Å². The number of fused-ring (bicyclic) bond motifs is 1. The van der Waals surface area contributed by atoms with E-state index in [0.29, 0.717) is 5.92 Å². The van der Waals surface area contributed by atoms with Crippen LogP contribution >= 0.6 is 11.3 Å². The Hall–Kier alpha value is -1.10. The third-order valence-electron chi connectivity index (χ3n) is 3.58. The van der Waals surface area contributed by atoms with Crippen molar-refractivity contribution in [2.45, 2.75) is 31.2 Å². The van der Waals surface area contributed by atoms with E-state index < -0.39 is 0 Å². The van der Waals surface area contributed by atoms with Crippen molar-refractivity contribution in [3.8, 4) is 0 Å². The number of nitrogens with one attached hydrogen (secondary N) is 1. The van der Waals surface area contributed by atoms with Crippen LogP contribution in [0.4, 0.5) is 0 Å². The molecule has 0 radical (unpaired) electrons. The number of nitrogens with two attached hydrogens (primary N) is 1. The van der Waals surface area contributed by atoms with Gasteiger partial charge in [-0.15, -0.1) is 11.3 Å². The number of rotatable bonds is 3. The highest BCUT2D eigenvalue weighted by Crippen LogP contribution is 2.41. The Labute approximate surface area is 105 Å².